The van der Waals surface area contributed by atoms with Crippen LogP contribution in [0.5, 0.6) is 11.6 Å². The Balaban J connectivity index is 1.33. The lowest BCUT2D eigenvalue weighted by molar-refractivity contribution is -0.00346. The van der Waals surface area contributed by atoms with Crippen LogP contribution in [0.15, 0.2) is 47.0 Å². The van der Waals surface area contributed by atoms with Crippen LogP contribution in [0, 0.1) is 6.92 Å². The van der Waals surface area contributed by atoms with Crippen molar-refractivity contribution in [3.05, 3.63) is 54.0 Å². The maximum Gasteiger partial charge on any atom is 0.251 e. The van der Waals surface area contributed by atoms with E-state index < -0.39 is 0 Å². The van der Waals surface area contributed by atoms with E-state index in [2.05, 4.69) is 30.6 Å². The van der Waals surface area contributed by atoms with Gasteiger partial charge in [0, 0.05) is 31.4 Å². The molecule has 1 fully saturated rings. The lowest BCUT2D eigenvalue weighted by atomic mass is 10.1. The van der Waals surface area contributed by atoms with Gasteiger partial charge in [-0.05, 0) is 35.9 Å². The molecule has 5 aromatic rings. The summed E-state index contributed by atoms with van der Waals surface area (Å²) in [5, 5.41) is 6.84. The smallest absolute Gasteiger partial charge is 0.251 e. The van der Waals surface area contributed by atoms with Crippen LogP contribution < -0.4 is 20.1 Å². The number of aryl methyl sites for hydroxylation is 1. The number of carbonyl (C=O) groups excluding carboxylic acids is 1. The average molecular weight is 545 g/mol. The summed E-state index contributed by atoms with van der Waals surface area (Å²) in [6, 6.07) is 11.0. The van der Waals surface area contributed by atoms with Crippen LogP contribution in [0.25, 0.3) is 33.3 Å². The molecule has 0 bridgehead atoms. The van der Waals surface area contributed by atoms with Crippen LogP contribution in [-0.4, -0.2) is 72.5 Å². The molecule has 0 spiro atoms. The Morgan fingerprint density at radius 3 is 2.75 bits per heavy atom. The predicted octanol–water partition coefficient (Wildman–Crippen LogP) is 3.98. The SMILES string of the molecule is COCCOc1nc(Nc2ccc(C(=O)NC3COC3)cc2OC)nc2[nH]cc(-c3ccc4nc(C)oc4c3)c12. The highest BCUT2D eigenvalue weighted by molar-refractivity contribution is 5.99. The second-order valence-corrected chi connectivity index (χ2v) is 9.28. The Kier molecular flexibility index (Phi) is 6.93. The average Bonchev–Trinajstić information content (AvgIpc) is 3.53. The molecule has 0 atom stereocenters. The van der Waals surface area contributed by atoms with E-state index in [-0.39, 0.29) is 17.9 Å². The number of H-pyrrole nitrogens is 1. The van der Waals surface area contributed by atoms with Gasteiger partial charge in [0.1, 0.15) is 23.5 Å². The van der Waals surface area contributed by atoms with Gasteiger partial charge in [0.25, 0.3) is 5.91 Å². The maximum atomic E-state index is 12.6. The third kappa shape index (κ3) is 5.01. The molecule has 0 unspecified atom stereocenters. The number of carbonyl (C=O) groups is 1. The third-order valence-corrected chi connectivity index (χ3v) is 6.51. The molecule has 1 aliphatic heterocycles. The Hall–Kier alpha value is -4.68. The number of rotatable bonds is 10. The number of aromatic amines is 1. The molecular weight excluding hydrogens is 516 g/mol. The molecule has 12 heteroatoms. The number of methoxy groups -OCH3 is 2. The van der Waals surface area contributed by atoms with E-state index in [1.807, 2.05) is 31.3 Å². The topological polar surface area (TPSA) is 146 Å². The predicted molar refractivity (Wildman–Crippen MR) is 147 cm³/mol. The summed E-state index contributed by atoms with van der Waals surface area (Å²) < 4.78 is 27.6. The zero-order valence-electron chi connectivity index (χ0n) is 22.2. The lowest BCUT2D eigenvalue weighted by Gasteiger charge is -2.26. The minimum atomic E-state index is -0.192. The number of ether oxygens (including phenoxy) is 4. The fraction of sp³-hybridized carbons (Fsp3) is 0.286. The fourth-order valence-electron chi connectivity index (χ4n) is 4.46. The van der Waals surface area contributed by atoms with Crippen molar-refractivity contribution in [1.82, 2.24) is 25.3 Å². The molecule has 206 valence electrons. The van der Waals surface area contributed by atoms with Crippen molar-refractivity contribution < 1.29 is 28.2 Å². The monoisotopic (exact) mass is 544 g/mol. The van der Waals surface area contributed by atoms with Gasteiger partial charge in [0.15, 0.2) is 11.5 Å². The lowest BCUT2D eigenvalue weighted by Crippen LogP contribution is -2.48. The zero-order valence-corrected chi connectivity index (χ0v) is 22.2. The van der Waals surface area contributed by atoms with Crippen molar-refractivity contribution in [2.24, 2.45) is 0 Å². The number of fused-ring (bicyclic) bond motifs is 2. The molecule has 0 aliphatic carbocycles. The molecule has 4 heterocycles. The summed E-state index contributed by atoms with van der Waals surface area (Å²) >= 11 is 0. The highest BCUT2D eigenvalue weighted by atomic mass is 16.5. The van der Waals surface area contributed by atoms with Gasteiger partial charge >= 0.3 is 0 Å². The fourth-order valence-corrected chi connectivity index (χ4v) is 4.46. The van der Waals surface area contributed by atoms with E-state index in [1.54, 1.807) is 25.3 Å². The maximum absolute atomic E-state index is 12.6. The number of nitrogens with one attached hydrogen (secondary N) is 3. The Bertz CT molecular complexity index is 1690. The van der Waals surface area contributed by atoms with Gasteiger partial charge in [-0.2, -0.15) is 9.97 Å². The minimum absolute atomic E-state index is 0.0282. The van der Waals surface area contributed by atoms with Gasteiger partial charge in [-0.15, -0.1) is 0 Å². The number of anilines is 2. The summed E-state index contributed by atoms with van der Waals surface area (Å²) in [4.78, 5) is 29.6. The van der Waals surface area contributed by atoms with E-state index in [1.165, 1.54) is 7.11 Å². The molecule has 1 aliphatic rings. The molecule has 2 aromatic carbocycles. The number of benzene rings is 2. The molecule has 12 nitrogen and oxygen atoms in total. The van der Waals surface area contributed by atoms with Crippen molar-refractivity contribution in [1.29, 1.82) is 0 Å². The first kappa shape index (κ1) is 25.6. The van der Waals surface area contributed by atoms with Crippen LogP contribution in [0.3, 0.4) is 0 Å². The highest BCUT2D eigenvalue weighted by Crippen LogP contribution is 2.37. The van der Waals surface area contributed by atoms with Crippen LogP contribution in [0.1, 0.15) is 16.2 Å². The van der Waals surface area contributed by atoms with Crippen molar-refractivity contribution in [3.8, 4) is 22.8 Å². The molecular formula is C28H28N6O6. The number of hydrogen-bond donors (Lipinski definition) is 3. The second-order valence-electron chi connectivity index (χ2n) is 9.28. The summed E-state index contributed by atoms with van der Waals surface area (Å²) in [5.74, 6) is 1.54. The van der Waals surface area contributed by atoms with E-state index in [9.17, 15) is 4.79 Å². The molecule has 1 saturated heterocycles. The van der Waals surface area contributed by atoms with Gasteiger partial charge < -0.3 is 39.0 Å². The summed E-state index contributed by atoms with van der Waals surface area (Å²) in [5.41, 5.74) is 4.87. The first-order valence-electron chi connectivity index (χ1n) is 12.7. The van der Waals surface area contributed by atoms with E-state index in [4.69, 9.17) is 23.4 Å². The van der Waals surface area contributed by atoms with Gasteiger partial charge in [0.05, 0.1) is 44.0 Å². The van der Waals surface area contributed by atoms with Crippen molar-refractivity contribution >= 4 is 39.7 Å². The summed E-state index contributed by atoms with van der Waals surface area (Å²) in [7, 11) is 3.15. The molecule has 1 amide bonds. The van der Waals surface area contributed by atoms with Crippen LogP contribution in [-0.2, 0) is 9.47 Å². The summed E-state index contributed by atoms with van der Waals surface area (Å²) in [6.45, 7) is 3.54. The third-order valence-electron chi connectivity index (χ3n) is 6.51. The largest absolute Gasteiger partial charge is 0.495 e. The molecule has 6 rings (SSSR count). The molecule has 3 aromatic heterocycles. The number of hydrogen-bond acceptors (Lipinski definition) is 10. The molecule has 3 N–H and O–H groups in total. The van der Waals surface area contributed by atoms with Gasteiger partial charge in [-0.1, -0.05) is 6.07 Å². The van der Waals surface area contributed by atoms with Crippen LogP contribution in [0.2, 0.25) is 0 Å². The first-order valence-corrected chi connectivity index (χ1v) is 12.7. The van der Waals surface area contributed by atoms with Crippen molar-refractivity contribution in [2.45, 2.75) is 13.0 Å². The Labute approximate surface area is 229 Å². The van der Waals surface area contributed by atoms with Gasteiger partial charge in [-0.25, -0.2) is 4.98 Å². The quantitative estimate of drug-likeness (QED) is 0.221. The van der Waals surface area contributed by atoms with E-state index >= 15 is 0 Å². The van der Waals surface area contributed by atoms with Crippen LogP contribution >= 0.6 is 0 Å². The molecule has 0 radical (unpaired) electrons. The zero-order chi connectivity index (χ0) is 27.6. The minimum Gasteiger partial charge on any atom is -0.495 e. The number of oxazole rings is 1. The normalized spacial score (nSPS) is 13.4. The molecule has 0 saturated carbocycles. The number of amides is 1. The molecule has 40 heavy (non-hydrogen) atoms. The Morgan fingerprint density at radius 2 is 1.98 bits per heavy atom. The Morgan fingerprint density at radius 1 is 1.10 bits per heavy atom. The van der Waals surface area contributed by atoms with Crippen LogP contribution in [0.4, 0.5) is 11.6 Å². The summed E-state index contributed by atoms with van der Waals surface area (Å²) in [6.07, 6.45) is 1.86. The van der Waals surface area contributed by atoms with Crippen molar-refractivity contribution in [2.75, 3.05) is 46.0 Å². The van der Waals surface area contributed by atoms with Gasteiger partial charge in [-0.3, -0.25) is 4.79 Å². The second kappa shape index (κ2) is 10.8. The highest BCUT2D eigenvalue weighted by Gasteiger charge is 2.22. The number of aromatic nitrogens is 4. The van der Waals surface area contributed by atoms with Gasteiger partial charge in [0.2, 0.25) is 11.8 Å². The van der Waals surface area contributed by atoms with E-state index in [0.29, 0.717) is 66.4 Å². The van der Waals surface area contributed by atoms with Crippen molar-refractivity contribution in [3.63, 3.8) is 0 Å². The first-order chi connectivity index (χ1) is 19.5. The standard InChI is InChI=1S/C28H28N6O6/c1-15-30-21-6-4-16(10-23(21)40-15)19-12-29-25-24(19)27(39-9-8-36-2)34-28(33-25)32-20-7-5-17(11-22(20)37-3)26(35)31-18-13-38-14-18/h4-7,10-12,18H,8-9,13-14H2,1-3H3,(H,31,35)(H2,29,32,33,34). The van der Waals surface area contributed by atoms with E-state index in [0.717, 1.165) is 22.0 Å². The number of nitrogens with zero attached hydrogens (tertiary/aromatic N) is 3.